The molecule has 0 amide bonds. The Kier molecular flexibility index (Phi) is 8.79. The molecule has 14 aromatic rings. The molecule has 4 aromatic heterocycles. The SMILES string of the molecule is c1ccc(-c2ccc(-c3nc(-c4ccccc4)nc(-n4c5ccccc5c5c(-n6c7ccccc7c7ccccc76)c6c(cc54)c4ccccc4n6-c4cccc(-c5ccccc5)c4)n3)cc2)cc1. The van der Waals surface area contributed by atoms with Crippen LogP contribution in [0.5, 0.6) is 0 Å². The standard InChI is InChI=1S/C63H40N6/c1-4-19-41(20-5-1)43-35-37-45(38-36-43)62-64-61(44-23-8-3-9-24-44)65-63(66-62)69-56-34-17-13-30-51(56)58-57(69)40-52-50-29-12-14-31-53(50)67(47-26-18-25-46(39-47)42-21-6-2-7-22-42)59(52)60(58)68-54-32-15-10-27-48(54)49-28-11-16-33-55(49)68/h1-40H. The van der Waals surface area contributed by atoms with E-state index in [1.807, 2.05) is 24.3 Å². The van der Waals surface area contributed by atoms with E-state index in [-0.39, 0.29) is 0 Å². The summed E-state index contributed by atoms with van der Waals surface area (Å²) in [7, 11) is 0. The second-order valence-corrected chi connectivity index (χ2v) is 17.6. The monoisotopic (exact) mass is 880 g/mol. The molecule has 0 radical (unpaired) electrons. The highest BCUT2D eigenvalue weighted by Crippen LogP contribution is 2.47. The molecule has 0 saturated carbocycles. The van der Waals surface area contributed by atoms with Crippen LogP contribution in [-0.4, -0.2) is 28.7 Å². The fraction of sp³-hybridized carbons (Fsp3) is 0. The second-order valence-electron chi connectivity index (χ2n) is 17.6. The van der Waals surface area contributed by atoms with Gasteiger partial charge in [0.2, 0.25) is 5.95 Å². The Labute approximate surface area is 397 Å². The van der Waals surface area contributed by atoms with Crippen LogP contribution >= 0.6 is 0 Å². The molecule has 322 valence electrons. The second kappa shape index (κ2) is 15.6. The average molecular weight is 881 g/mol. The van der Waals surface area contributed by atoms with Gasteiger partial charge in [-0.25, -0.2) is 4.98 Å². The highest BCUT2D eigenvalue weighted by molar-refractivity contribution is 6.26. The Bertz CT molecular complexity index is 4230. The van der Waals surface area contributed by atoms with Crippen LogP contribution in [0.15, 0.2) is 243 Å². The lowest BCUT2D eigenvalue weighted by atomic mass is 10.0. The van der Waals surface area contributed by atoms with Crippen LogP contribution in [0.3, 0.4) is 0 Å². The summed E-state index contributed by atoms with van der Waals surface area (Å²) < 4.78 is 7.25. The summed E-state index contributed by atoms with van der Waals surface area (Å²) in [6, 6.07) is 86.4. The van der Waals surface area contributed by atoms with E-state index in [1.165, 1.54) is 16.3 Å². The van der Waals surface area contributed by atoms with Gasteiger partial charge in [0, 0.05) is 49.1 Å². The lowest BCUT2D eigenvalue weighted by Gasteiger charge is -2.17. The number of nitrogens with zero attached hydrogens (tertiary/aromatic N) is 6. The number of benzene rings is 10. The zero-order valence-corrected chi connectivity index (χ0v) is 37.3. The smallest absolute Gasteiger partial charge is 0.238 e. The number of fused-ring (bicyclic) bond motifs is 9. The highest BCUT2D eigenvalue weighted by Gasteiger charge is 2.28. The van der Waals surface area contributed by atoms with Crippen molar-refractivity contribution in [1.29, 1.82) is 0 Å². The lowest BCUT2D eigenvalue weighted by Crippen LogP contribution is -2.07. The van der Waals surface area contributed by atoms with Gasteiger partial charge in [-0.05, 0) is 64.7 Å². The zero-order valence-electron chi connectivity index (χ0n) is 37.3. The van der Waals surface area contributed by atoms with Gasteiger partial charge in [-0.2, -0.15) is 9.97 Å². The summed E-state index contributed by atoms with van der Waals surface area (Å²) in [4.78, 5) is 16.0. The van der Waals surface area contributed by atoms with E-state index in [0.29, 0.717) is 17.6 Å². The van der Waals surface area contributed by atoms with Crippen LogP contribution in [0.25, 0.3) is 128 Å². The predicted octanol–water partition coefficient (Wildman–Crippen LogP) is 15.8. The fourth-order valence-corrected chi connectivity index (χ4v) is 10.6. The van der Waals surface area contributed by atoms with Crippen LogP contribution in [0.2, 0.25) is 0 Å². The Morgan fingerprint density at radius 3 is 1.28 bits per heavy atom. The van der Waals surface area contributed by atoms with Gasteiger partial charge in [-0.15, -0.1) is 0 Å². The molecule has 0 N–H and O–H groups in total. The molecule has 0 saturated heterocycles. The topological polar surface area (TPSA) is 53.5 Å². The molecular formula is C63H40N6. The van der Waals surface area contributed by atoms with E-state index in [2.05, 4.69) is 232 Å². The van der Waals surface area contributed by atoms with Gasteiger partial charge in [0.05, 0.1) is 38.8 Å². The molecule has 4 heterocycles. The average Bonchev–Trinajstić information content (AvgIpc) is 4.07. The molecule has 69 heavy (non-hydrogen) atoms. The number of para-hydroxylation sites is 4. The van der Waals surface area contributed by atoms with Crippen LogP contribution in [0.4, 0.5) is 0 Å². The summed E-state index contributed by atoms with van der Waals surface area (Å²) in [6.45, 7) is 0. The summed E-state index contributed by atoms with van der Waals surface area (Å²) in [5.41, 5.74) is 15.1. The minimum Gasteiger partial charge on any atom is -0.307 e. The highest BCUT2D eigenvalue weighted by atomic mass is 15.2. The van der Waals surface area contributed by atoms with E-state index in [0.717, 1.165) is 93.8 Å². The van der Waals surface area contributed by atoms with Gasteiger partial charge in [0.25, 0.3) is 0 Å². The van der Waals surface area contributed by atoms with Crippen molar-refractivity contribution in [2.24, 2.45) is 0 Å². The molecule has 0 aliphatic rings. The zero-order chi connectivity index (χ0) is 45.4. The van der Waals surface area contributed by atoms with E-state index in [4.69, 9.17) is 15.0 Å². The first kappa shape index (κ1) is 38.8. The molecule has 0 aliphatic carbocycles. The molecule has 6 heteroatoms. The normalized spacial score (nSPS) is 11.8. The fourth-order valence-electron chi connectivity index (χ4n) is 10.6. The van der Waals surface area contributed by atoms with Crippen LogP contribution in [0.1, 0.15) is 0 Å². The molecule has 0 atom stereocenters. The van der Waals surface area contributed by atoms with E-state index >= 15 is 0 Å². The Morgan fingerprint density at radius 1 is 0.261 bits per heavy atom. The van der Waals surface area contributed by atoms with Gasteiger partial charge >= 0.3 is 0 Å². The van der Waals surface area contributed by atoms with Gasteiger partial charge in [0.15, 0.2) is 11.6 Å². The maximum Gasteiger partial charge on any atom is 0.238 e. The van der Waals surface area contributed by atoms with Crippen molar-refractivity contribution in [3.8, 4) is 62.4 Å². The van der Waals surface area contributed by atoms with Crippen LogP contribution in [0, 0.1) is 0 Å². The quantitative estimate of drug-likeness (QED) is 0.160. The number of rotatable bonds is 7. The van der Waals surface area contributed by atoms with E-state index in [1.54, 1.807) is 0 Å². The van der Waals surface area contributed by atoms with Crippen molar-refractivity contribution in [2.75, 3.05) is 0 Å². The summed E-state index contributed by atoms with van der Waals surface area (Å²) >= 11 is 0. The molecule has 10 aromatic carbocycles. The summed E-state index contributed by atoms with van der Waals surface area (Å²) in [5.74, 6) is 1.75. The van der Waals surface area contributed by atoms with E-state index < -0.39 is 0 Å². The predicted molar refractivity (Wildman–Crippen MR) is 285 cm³/mol. The van der Waals surface area contributed by atoms with Crippen molar-refractivity contribution < 1.29 is 0 Å². The maximum absolute atomic E-state index is 5.43. The van der Waals surface area contributed by atoms with Gasteiger partial charge in [-0.1, -0.05) is 200 Å². The van der Waals surface area contributed by atoms with Crippen LogP contribution in [-0.2, 0) is 0 Å². The van der Waals surface area contributed by atoms with Crippen molar-refractivity contribution in [1.82, 2.24) is 28.7 Å². The number of hydrogen-bond acceptors (Lipinski definition) is 3. The largest absolute Gasteiger partial charge is 0.307 e. The summed E-state index contributed by atoms with van der Waals surface area (Å²) in [6.07, 6.45) is 0. The molecule has 0 unspecified atom stereocenters. The maximum atomic E-state index is 5.43. The molecule has 6 nitrogen and oxygen atoms in total. The van der Waals surface area contributed by atoms with Crippen LogP contribution < -0.4 is 0 Å². The minimum absolute atomic E-state index is 0.545. The molecule has 14 rings (SSSR count). The van der Waals surface area contributed by atoms with Crippen molar-refractivity contribution in [2.45, 2.75) is 0 Å². The van der Waals surface area contributed by atoms with E-state index in [9.17, 15) is 0 Å². The first-order valence-electron chi connectivity index (χ1n) is 23.4. The third-order valence-corrected chi connectivity index (χ3v) is 13.7. The summed E-state index contributed by atoms with van der Waals surface area (Å²) in [5, 5.41) is 6.86. The van der Waals surface area contributed by atoms with Crippen molar-refractivity contribution in [3.05, 3.63) is 243 Å². The third kappa shape index (κ3) is 6.16. The molecular weight excluding hydrogens is 841 g/mol. The van der Waals surface area contributed by atoms with Gasteiger partial charge < -0.3 is 9.13 Å². The number of hydrogen-bond donors (Lipinski definition) is 0. The Hall–Kier alpha value is -9.39. The first-order chi connectivity index (χ1) is 34.2. The van der Waals surface area contributed by atoms with Gasteiger partial charge in [-0.3, -0.25) is 4.57 Å². The minimum atomic E-state index is 0.545. The lowest BCUT2D eigenvalue weighted by molar-refractivity contribution is 0.953. The molecule has 0 aliphatic heterocycles. The van der Waals surface area contributed by atoms with Gasteiger partial charge in [0.1, 0.15) is 0 Å². The molecule has 0 bridgehead atoms. The third-order valence-electron chi connectivity index (χ3n) is 13.7. The van der Waals surface area contributed by atoms with Crippen molar-refractivity contribution in [3.63, 3.8) is 0 Å². The Morgan fingerprint density at radius 2 is 0.681 bits per heavy atom. The van der Waals surface area contributed by atoms with Crippen molar-refractivity contribution >= 4 is 65.4 Å². The Balaban J connectivity index is 1.13. The number of aromatic nitrogens is 6. The molecule has 0 fully saturated rings. The first-order valence-corrected chi connectivity index (χ1v) is 23.4. The molecule has 0 spiro atoms.